The van der Waals surface area contributed by atoms with E-state index in [-0.39, 0.29) is 17.4 Å². The number of imide groups is 1. The molecule has 2 amide bonds. The number of rotatable bonds is 5. The van der Waals surface area contributed by atoms with E-state index in [1.807, 2.05) is 101 Å². The maximum atomic E-state index is 13.9. The zero-order valence-electron chi connectivity index (χ0n) is 19.9. The molecule has 0 saturated carbocycles. The van der Waals surface area contributed by atoms with Crippen LogP contribution < -0.4 is 10.2 Å². The Kier molecular flexibility index (Phi) is 6.09. The Bertz CT molecular complexity index is 1220. The first-order valence-corrected chi connectivity index (χ1v) is 11.3. The molecule has 2 heterocycles. The minimum atomic E-state index is -0.543. The molecule has 1 aliphatic rings. The summed E-state index contributed by atoms with van der Waals surface area (Å²) in [5, 5.41) is 3.44. The Balaban J connectivity index is 1.74. The average Bonchev–Trinajstić information content (AvgIpc) is 3.22. The van der Waals surface area contributed by atoms with E-state index in [1.54, 1.807) is 0 Å². The summed E-state index contributed by atoms with van der Waals surface area (Å²) in [7, 11) is 0. The zero-order chi connectivity index (χ0) is 23.8. The smallest absolute Gasteiger partial charge is 0.265 e. The van der Waals surface area contributed by atoms with Crippen LogP contribution in [0.15, 0.2) is 60.7 Å². The van der Waals surface area contributed by atoms with Gasteiger partial charge < -0.3 is 10.3 Å². The molecular formula is C28H31N3O2. The molecule has 0 radical (unpaired) electrons. The molecule has 1 unspecified atom stereocenters. The number of H-pyrrole nitrogens is 1. The molecule has 0 spiro atoms. The lowest BCUT2D eigenvalue weighted by Crippen LogP contribution is -2.54. The van der Waals surface area contributed by atoms with Crippen LogP contribution in [0.5, 0.6) is 0 Å². The van der Waals surface area contributed by atoms with Gasteiger partial charge in [-0.05, 0) is 70.4 Å². The molecule has 170 valence electrons. The molecule has 1 aromatic heterocycles. The molecule has 0 saturated heterocycles. The number of amides is 2. The third kappa shape index (κ3) is 4.83. The first kappa shape index (κ1) is 22.7. The highest BCUT2D eigenvalue weighted by Gasteiger charge is 2.40. The fourth-order valence-corrected chi connectivity index (χ4v) is 4.37. The number of aryl methyl sites for hydroxylation is 2. The Morgan fingerprint density at radius 2 is 1.73 bits per heavy atom. The summed E-state index contributed by atoms with van der Waals surface area (Å²) >= 11 is 0. The van der Waals surface area contributed by atoms with Crippen molar-refractivity contribution in [3.63, 3.8) is 0 Å². The van der Waals surface area contributed by atoms with Crippen molar-refractivity contribution in [3.05, 3.63) is 88.7 Å². The number of anilines is 1. The Labute approximate surface area is 195 Å². The fourth-order valence-electron chi connectivity index (χ4n) is 4.37. The molecule has 1 atom stereocenters. The third-order valence-corrected chi connectivity index (χ3v) is 5.76. The molecule has 0 fully saturated rings. The van der Waals surface area contributed by atoms with Gasteiger partial charge in [-0.25, -0.2) is 4.90 Å². The first-order chi connectivity index (χ1) is 15.6. The van der Waals surface area contributed by atoms with Crippen LogP contribution in [0.1, 0.15) is 48.8 Å². The maximum absolute atomic E-state index is 13.9. The van der Waals surface area contributed by atoms with Crippen molar-refractivity contribution in [2.45, 2.75) is 52.6 Å². The highest BCUT2D eigenvalue weighted by atomic mass is 16.2. The molecule has 33 heavy (non-hydrogen) atoms. The number of hydrogen-bond donors (Lipinski definition) is 2. The van der Waals surface area contributed by atoms with Crippen LogP contribution >= 0.6 is 0 Å². The normalized spacial score (nSPS) is 15.7. The molecular weight excluding hydrogens is 410 g/mol. The molecule has 2 aromatic carbocycles. The largest absolute Gasteiger partial charge is 0.359 e. The summed E-state index contributed by atoms with van der Waals surface area (Å²) in [5.74, 6) is -0.532. The van der Waals surface area contributed by atoms with Gasteiger partial charge in [-0.15, -0.1) is 0 Å². The van der Waals surface area contributed by atoms with Crippen LogP contribution in [0, 0.1) is 13.8 Å². The zero-order valence-corrected chi connectivity index (χ0v) is 19.9. The predicted octanol–water partition coefficient (Wildman–Crippen LogP) is 5.04. The maximum Gasteiger partial charge on any atom is 0.265 e. The summed E-state index contributed by atoms with van der Waals surface area (Å²) in [6.45, 7) is 10.1. The van der Waals surface area contributed by atoms with E-state index in [0.717, 1.165) is 28.1 Å². The molecule has 2 N–H and O–H groups in total. The molecule has 4 rings (SSSR count). The topological polar surface area (TPSA) is 65.2 Å². The SMILES string of the molecule is Cc1cc(C)c(/C=C2\C(=O)N(C(=O)C(Cc3ccccc3)NC(C)(C)C)c3ccccc32)[nH]1. The van der Waals surface area contributed by atoms with Gasteiger partial charge >= 0.3 is 0 Å². The quantitative estimate of drug-likeness (QED) is 0.545. The van der Waals surface area contributed by atoms with Crippen molar-refractivity contribution in [1.82, 2.24) is 10.3 Å². The summed E-state index contributed by atoms with van der Waals surface area (Å²) in [6, 6.07) is 18.9. The number of hydrogen-bond acceptors (Lipinski definition) is 3. The van der Waals surface area contributed by atoms with Crippen LogP contribution in [0.3, 0.4) is 0 Å². The third-order valence-electron chi connectivity index (χ3n) is 5.76. The highest BCUT2D eigenvalue weighted by molar-refractivity contribution is 6.42. The van der Waals surface area contributed by atoms with Gasteiger partial charge in [0.05, 0.1) is 17.3 Å². The molecule has 3 aromatic rings. The van der Waals surface area contributed by atoms with Crippen LogP contribution in [0.2, 0.25) is 0 Å². The van der Waals surface area contributed by atoms with E-state index in [2.05, 4.69) is 10.3 Å². The Morgan fingerprint density at radius 1 is 1.06 bits per heavy atom. The molecule has 0 aliphatic carbocycles. The van der Waals surface area contributed by atoms with Crippen molar-refractivity contribution in [2.24, 2.45) is 0 Å². The van der Waals surface area contributed by atoms with Gasteiger partial charge in [-0.2, -0.15) is 0 Å². The van der Waals surface area contributed by atoms with Crippen LogP contribution in [0.4, 0.5) is 5.69 Å². The van der Waals surface area contributed by atoms with Crippen LogP contribution in [0.25, 0.3) is 11.6 Å². The summed E-state index contributed by atoms with van der Waals surface area (Å²) in [4.78, 5) is 32.2. The molecule has 5 heteroatoms. The standard InChI is InChI=1S/C28H31N3O2/c1-18-15-19(2)29-23(18)17-22-21-13-9-10-14-25(21)31(26(22)32)27(33)24(30-28(3,4)5)16-20-11-7-6-8-12-20/h6-15,17,24,29-30H,16H2,1-5H3/b22-17-. The first-order valence-electron chi connectivity index (χ1n) is 11.3. The Morgan fingerprint density at radius 3 is 2.36 bits per heavy atom. The minimum absolute atomic E-state index is 0.242. The van der Waals surface area contributed by atoms with Gasteiger partial charge in [-0.1, -0.05) is 48.5 Å². The second kappa shape index (κ2) is 8.83. The molecule has 0 bridgehead atoms. The number of nitrogens with one attached hydrogen (secondary N) is 2. The number of para-hydroxylation sites is 1. The summed E-state index contributed by atoms with van der Waals surface area (Å²) < 4.78 is 0. The lowest BCUT2D eigenvalue weighted by atomic mass is 10.0. The highest BCUT2D eigenvalue weighted by Crippen LogP contribution is 2.38. The number of aromatic nitrogens is 1. The van der Waals surface area contributed by atoms with Crippen LogP contribution in [-0.4, -0.2) is 28.4 Å². The van der Waals surface area contributed by atoms with Gasteiger partial charge in [0.15, 0.2) is 0 Å². The number of nitrogens with zero attached hydrogens (tertiary/aromatic N) is 1. The van der Waals surface area contributed by atoms with E-state index in [1.165, 1.54) is 4.90 Å². The summed E-state index contributed by atoms with van der Waals surface area (Å²) in [6.07, 6.45) is 2.36. The fraction of sp³-hybridized carbons (Fsp3) is 0.286. The molecule has 1 aliphatic heterocycles. The monoisotopic (exact) mass is 441 g/mol. The molecule has 5 nitrogen and oxygen atoms in total. The van der Waals surface area contributed by atoms with E-state index in [9.17, 15) is 9.59 Å². The van der Waals surface area contributed by atoms with Gasteiger partial charge in [0.2, 0.25) is 0 Å². The number of fused-ring (bicyclic) bond motifs is 1. The summed E-state index contributed by atoms with van der Waals surface area (Å²) in [5.41, 5.74) is 5.65. The van der Waals surface area contributed by atoms with E-state index < -0.39 is 6.04 Å². The predicted molar refractivity (Wildman–Crippen MR) is 134 cm³/mol. The number of benzene rings is 2. The van der Waals surface area contributed by atoms with Crippen LogP contribution in [-0.2, 0) is 16.0 Å². The van der Waals surface area contributed by atoms with Gasteiger partial charge in [0.1, 0.15) is 0 Å². The second-order valence-corrected chi connectivity index (χ2v) is 9.74. The second-order valence-electron chi connectivity index (χ2n) is 9.74. The number of carbonyl (C=O) groups excluding carboxylic acids is 2. The van der Waals surface area contributed by atoms with Crippen molar-refractivity contribution < 1.29 is 9.59 Å². The van der Waals surface area contributed by atoms with E-state index in [0.29, 0.717) is 17.7 Å². The minimum Gasteiger partial charge on any atom is -0.359 e. The van der Waals surface area contributed by atoms with E-state index in [4.69, 9.17) is 0 Å². The average molecular weight is 442 g/mol. The van der Waals surface area contributed by atoms with E-state index >= 15 is 0 Å². The lowest BCUT2D eigenvalue weighted by Gasteiger charge is -2.30. The Hall–Kier alpha value is -3.44. The van der Waals surface area contributed by atoms with Gasteiger partial charge in [0.25, 0.3) is 11.8 Å². The number of carbonyl (C=O) groups is 2. The lowest BCUT2D eigenvalue weighted by molar-refractivity contribution is -0.125. The van der Waals surface area contributed by atoms with Crippen molar-refractivity contribution in [3.8, 4) is 0 Å². The number of aromatic amines is 1. The van der Waals surface area contributed by atoms with Gasteiger partial charge in [0, 0.05) is 22.5 Å². The van der Waals surface area contributed by atoms with Crippen molar-refractivity contribution in [1.29, 1.82) is 0 Å². The van der Waals surface area contributed by atoms with Gasteiger partial charge in [-0.3, -0.25) is 9.59 Å². The van der Waals surface area contributed by atoms with Crippen molar-refractivity contribution in [2.75, 3.05) is 4.90 Å². The van der Waals surface area contributed by atoms with Crippen molar-refractivity contribution >= 4 is 29.2 Å².